The number of nitrogens with zero attached hydrogens (tertiary/aromatic N) is 3. The zero-order valence-corrected chi connectivity index (χ0v) is 15.1. The molecular weight excluding hydrogens is 354 g/mol. The molecule has 0 atom stereocenters. The second kappa shape index (κ2) is 7.16. The maximum Gasteiger partial charge on any atom is 0.236 e. The van der Waals surface area contributed by atoms with Crippen molar-refractivity contribution in [3.63, 3.8) is 0 Å². The van der Waals surface area contributed by atoms with E-state index in [1.807, 2.05) is 52.5 Å². The monoisotopic (exact) mass is 369 g/mol. The lowest BCUT2D eigenvalue weighted by Crippen LogP contribution is -1.95. The van der Waals surface area contributed by atoms with Crippen LogP contribution in [0.5, 0.6) is 5.75 Å². The molecule has 0 N–H and O–H groups in total. The van der Waals surface area contributed by atoms with E-state index in [9.17, 15) is 0 Å². The van der Waals surface area contributed by atoms with E-state index in [1.54, 1.807) is 42.7 Å². The van der Waals surface area contributed by atoms with Crippen molar-refractivity contribution in [2.45, 2.75) is 10.9 Å². The minimum Gasteiger partial charge on any atom is -0.497 e. The normalized spacial score (nSPS) is 10.9. The fourth-order valence-electron chi connectivity index (χ4n) is 2.36. The molecule has 0 fully saturated rings. The number of hydrogen-bond acceptors (Lipinski definition) is 6. The maximum absolute atomic E-state index is 5.56. The summed E-state index contributed by atoms with van der Waals surface area (Å²) in [7, 11) is 1.66. The van der Waals surface area contributed by atoms with Gasteiger partial charge in [0.1, 0.15) is 12.0 Å². The molecule has 4 aromatic rings. The SMILES string of the molecule is COc1ccc(-n2ccnc2SCc2coc(-c3cccs3)n2)cc1. The van der Waals surface area contributed by atoms with Crippen LogP contribution < -0.4 is 4.74 Å². The Labute approximate surface area is 153 Å². The topological polar surface area (TPSA) is 53.1 Å². The summed E-state index contributed by atoms with van der Waals surface area (Å²) in [4.78, 5) is 10.0. The summed E-state index contributed by atoms with van der Waals surface area (Å²) in [5, 5.41) is 2.92. The molecule has 0 aliphatic carbocycles. The van der Waals surface area contributed by atoms with Crippen molar-refractivity contribution in [3.05, 3.63) is 66.1 Å². The van der Waals surface area contributed by atoms with Crippen LogP contribution in [0.1, 0.15) is 5.69 Å². The van der Waals surface area contributed by atoms with Gasteiger partial charge in [-0.3, -0.25) is 4.57 Å². The van der Waals surface area contributed by atoms with E-state index in [-0.39, 0.29) is 0 Å². The second-order valence-corrected chi connectivity index (χ2v) is 7.08. The lowest BCUT2D eigenvalue weighted by molar-refractivity contribution is 0.414. The third-order valence-corrected chi connectivity index (χ3v) is 5.45. The summed E-state index contributed by atoms with van der Waals surface area (Å²) >= 11 is 3.24. The van der Waals surface area contributed by atoms with Crippen LogP contribution in [0.15, 0.2) is 70.0 Å². The van der Waals surface area contributed by atoms with Crippen molar-refractivity contribution < 1.29 is 9.15 Å². The molecule has 0 aliphatic rings. The van der Waals surface area contributed by atoms with Crippen molar-refractivity contribution in [2.75, 3.05) is 7.11 Å². The van der Waals surface area contributed by atoms with Gasteiger partial charge in [0.25, 0.3) is 0 Å². The first-order chi connectivity index (χ1) is 12.3. The molecular formula is C18H15N3O2S2. The molecule has 1 aromatic carbocycles. The number of methoxy groups -OCH3 is 1. The molecule has 0 amide bonds. The first-order valence-corrected chi connectivity index (χ1v) is 9.49. The molecule has 3 aromatic heterocycles. The Balaban J connectivity index is 1.48. The van der Waals surface area contributed by atoms with Gasteiger partial charge in [-0.1, -0.05) is 17.8 Å². The minimum atomic E-state index is 0.670. The molecule has 3 heterocycles. The quantitative estimate of drug-likeness (QED) is 0.453. The predicted octanol–water partition coefficient (Wildman–Crippen LogP) is 4.89. The van der Waals surface area contributed by atoms with Gasteiger partial charge in [0.2, 0.25) is 5.89 Å². The number of thiophene rings is 1. The van der Waals surface area contributed by atoms with Crippen molar-refractivity contribution >= 4 is 23.1 Å². The minimum absolute atomic E-state index is 0.670. The van der Waals surface area contributed by atoms with Crippen molar-refractivity contribution in [3.8, 4) is 22.2 Å². The summed E-state index contributed by atoms with van der Waals surface area (Å²) in [6.07, 6.45) is 5.46. The summed E-state index contributed by atoms with van der Waals surface area (Å²) in [5.74, 6) is 2.20. The molecule has 5 nitrogen and oxygen atoms in total. The van der Waals surface area contributed by atoms with E-state index >= 15 is 0 Å². The molecule has 0 radical (unpaired) electrons. The van der Waals surface area contributed by atoms with Gasteiger partial charge in [0.15, 0.2) is 5.16 Å². The summed E-state index contributed by atoms with van der Waals surface area (Å²) in [6.45, 7) is 0. The lowest BCUT2D eigenvalue weighted by Gasteiger charge is -2.07. The van der Waals surface area contributed by atoms with E-state index < -0.39 is 0 Å². The van der Waals surface area contributed by atoms with Crippen LogP contribution in [0.2, 0.25) is 0 Å². The van der Waals surface area contributed by atoms with Gasteiger partial charge in [0, 0.05) is 23.8 Å². The van der Waals surface area contributed by atoms with E-state index in [0.29, 0.717) is 11.6 Å². The van der Waals surface area contributed by atoms with Crippen LogP contribution in [0.4, 0.5) is 0 Å². The Bertz CT molecular complexity index is 943. The average Bonchev–Trinajstić information content (AvgIpc) is 3.40. The van der Waals surface area contributed by atoms with Crippen LogP contribution in [-0.4, -0.2) is 21.6 Å². The van der Waals surface area contributed by atoms with Gasteiger partial charge in [-0.25, -0.2) is 9.97 Å². The highest BCUT2D eigenvalue weighted by Gasteiger charge is 2.11. The lowest BCUT2D eigenvalue weighted by atomic mass is 10.3. The highest BCUT2D eigenvalue weighted by molar-refractivity contribution is 7.98. The van der Waals surface area contributed by atoms with E-state index in [2.05, 4.69) is 9.97 Å². The highest BCUT2D eigenvalue weighted by Crippen LogP contribution is 2.28. The molecule has 0 saturated heterocycles. The van der Waals surface area contributed by atoms with Crippen LogP contribution in [0.3, 0.4) is 0 Å². The van der Waals surface area contributed by atoms with Gasteiger partial charge >= 0.3 is 0 Å². The number of ether oxygens (including phenoxy) is 1. The average molecular weight is 369 g/mol. The van der Waals surface area contributed by atoms with Crippen molar-refractivity contribution in [2.24, 2.45) is 0 Å². The third-order valence-electron chi connectivity index (χ3n) is 3.59. The Kier molecular flexibility index (Phi) is 4.58. The second-order valence-electron chi connectivity index (χ2n) is 5.19. The van der Waals surface area contributed by atoms with Crippen LogP contribution in [0.25, 0.3) is 16.5 Å². The number of rotatable bonds is 6. The zero-order valence-electron chi connectivity index (χ0n) is 13.5. The first-order valence-electron chi connectivity index (χ1n) is 7.62. The van der Waals surface area contributed by atoms with E-state index in [0.717, 1.165) is 27.2 Å². The van der Waals surface area contributed by atoms with E-state index in [1.165, 1.54) is 0 Å². The van der Waals surface area contributed by atoms with Gasteiger partial charge in [-0.05, 0) is 35.7 Å². The molecule has 4 rings (SSSR count). The smallest absolute Gasteiger partial charge is 0.236 e. The standard InChI is InChI=1S/C18H15N3O2S2/c1-22-15-6-4-14(5-7-15)21-9-8-19-18(21)25-12-13-11-23-17(20-13)16-3-2-10-24-16/h2-11H,12H2,1H3. The van der Waals surface area contributed by atoms with Crippen molar-refractivity contribution in [1.82, 2.24) is 14.5 Å². The summed E-state index contributed by atoms with van der Waals surface area (Å²) in [6, 6.07) is 11.9. The summed E-state index contributed by atoms with van der Waals surface area (Å²) in [5.41, 5.74) is 1.94. The molecule has 126 valence electrons. The van der Waals surface area contributed by atoms with Gasteiger partial charge in [-0.15, -0.1) is 11.3 Å². The first kappa shape index (κ1) is 16.0. The number of thioether (sulfide) groups is 1. The maximum atomic E-state index is 5.56. The number of oxazole rings is 1. The van der Waals surface area contributed by atoms with Gasteiger partial charge in [-0.2, -0.15) is 0 Å². The molecule has 0 unspecified atom stereocenters. The largest absolute Gasteiger partial charge is 0.497 e. The Morgan fingerprint density at radius 1 is 1.24 bits per heavy atom. The highest BCUT2D eigenvalue weighted by atomic mass is 32.2. The Morgan fingerprint density at radius 3 is 2.88 bits per heavy atom. The van der Waals surface area contributed by atoms with Crippen LogP contribution in [-0.2, 0) is 5.75 Å². The van der Waals surface area contributed by atoms with Crippen LogP contribution >= 0.6 is 23.1 Å². The van der Waals surface area contributed by atoms with E-state index in [4.69, 9.17) is 9.15 Å². The zero-order chi connectivity index (χ0) is 17.1. The van der Waals surface area contributed by atoms with Crippen LogP contribution in [0, 0.1) is 0 Å². The molecule has 0 saturated carbocycles. The fraction of sp³-hybridized carbons (Fsp3) is 0.111. The number of hydrogen-bond donors (Lipinski definition) is 0. The van der Waals surface area contributed by atoms with Crippen molar-refractivity contribution in [1.29, 1.82) is 0 Å². The molecule has 25 heavy (non-hydrogen) atoms. The Morgan fingerprint density at radius 2 is 2.12 bits per heavy atom. The van der Waals surface area contributed by atoms with Gasteiger partial charge < -0.3 is 9.15 Å². The molecule has 0 aliphatic heterocycles. The van der Waals surface area contributed by atoms with Gasteiger partial charge in [0.05, 0.1) is 17.7 Å². The molecule has 7 heteroatoms. The predicted molar refractivity (Wildman–Crippen MR) is 99.5 cm³/mol. The number of aromatic nitrogens is 3. The number of benzene rings is 1. The third kappa shape index (κ3) is 3.47. The summed E-state index contributed by atoms with van der Waals surface area (Å²) < 4.78 is 12.8. The fourth-order valence-corrected chi connectivity index (χ4v) is 3.87. The molecule has 0 bridgehead atoms. The molecule has 0 spiro atoms. The Hall–Kier alpha value is -2.51. The number of imidazole rings is 1.